The molecule has 0 radical (unpaired) electrons. The summed E-state index contributed by atoms with van der Waals surface area (Å²) in [4.78, 5) is 26.9. The van der Waals surface area contributed by atoms with Gasteiger partial charge in [-0.1, -0.05) is 43.3 Å². The summed E-state index contributed by atoms with van der Waals surface area (Å²) in [5.41, 5.74) is 4.33. The van der Waals surface area contributed by atoms with Gasteiger partial charge in [-0.25, -0.2) is 4.79 Å². The zero-order valence-electron chi connectivity index (χ0n) is 20.1. The number of benzene rings is 2. The quantitative estimate of drug-likeness (QED) is 0.582. The Morgan fingerprint density at radius 3 is 2.56 bits per heavy atom. The summed E-state index contributed by atoms with van der Waals surface area (Å²) < 4.78 is 11.0. The van der Waals surface area contributed by atoms with Crippen LogP contribution in [0.4, 0.5) is 0 Å². The second-order valence-corrected chi connectivity index (χ2v) is 8.98. The number of methoxy groups -OCH3 is 1. The molecule has 0 unspecified atom stereocenters. The largest absolute Gasteiger partial charge is 0.504 e. The van der Waals surface area contributed by atoms with E-state index in [1.54, 1.807) is 12.1 Å². The van der Waals surface area contributed by atoms with E-state index in [2.05, 4.69) is 5.32 Å². The smallest absolute Gasteiger partial charge is 0.337 e. The molecule has 1 heterocycles. The van der Waals surface area contributed by atoms with E-state index in [9.17, 15) is 14.7 Å². The lowest BCUT2D eigenvalue weighted by Gasteiger charge is -2.37. The maximum atomic E-state index is 13.6. The van der Waals surface area contributed by atoms with Crippen LogP contribution in [-0.2, 0) is 14.3 Å². The Morgan fingerprint density at radius 1 is 1.15 bits per heavy atom. The average Bonchev–Trinajstić information content (AvgIpc) is 2.83. The summed E-state index contributed by atoms with van der Waals surface area (Å²) in [6.07, 6.45) is 1.47. The van der Waals surface area contributed by atoms with Crippen LogP contribution < -0.4 is 10.1 Å². The highest BCUT2D eigenvalue weighted by molar-refractivity contribution is 6.04. The van der Waals surface area contributed by atoms with Crippen molar-refractivity contribution in [2.24, 2.45) is 0 Å². The number of allylic oxidation sites excluding steroid dienone is 3. The standard InChI is InChI=1S/C28H31NO5/c1-5-16(2)34-28(32)25-17(3)29-21-13-20(18-9-7-6-8-10-18)14-23(31)27(21)26(25)19-11-12-22(30)24(15-19)33-4/h6-12,15-16,20,26,29-30H,5,13-14H2,1-4H3/t16-,20+,26-/m1/s1. The molecule has 0 spiro atoms. The molecule has 6 heteroatoms. The molecule has 6 nitrogen and oxygen atoms in total. The summed E-state index contributed by atoms with van der Waals surface area (Å²) in [6.45, 7) is 5.65. The molecule has 2 N–H and O–H groups in total. The first kappa shape index (κ1) is 23.6. The number of dihydropyridines is 1. The van der Waals surface area contributed by atoms with Gasteiger partial charge in [-0.3, -0.25) is 4.79 Å². The minimum Gasteiger partial charge on any atom is -0.504 e. The fourth-order valence-electron chi connectivity index (χ4n) is 4.81. The van der Waals surface area contributed by atoms with Gasteiger partial charge in [0.25, 0.3) is 0 Å². The van der Waals surface area contributed by atoms with E-state index in [1.807, 2.05) is 51.1 Å². The number of Topliss-reactive ketones (excluding diaryl/α,β-unsaturated/α-hetero) is 1. The van der Waals surface area contributed by atoms with E-state index in [-0.39, 0.29) is 29.3 Å². The lowest BCUT2D eigenvalue weighted by molar-refractivity contribution is -0.144. The summed E-state index contributed by atoms with van der Waals surface area (Å²) in [7, 11) is 1.47. The fraction of sp³-hybridized carbons (Fsp3) is 0.357. The van der Waals surface area contributed by atoms with Crippen molar-refractivity contribution in [1.82, 2.24) is 5.32 Å². The molecular weight excluding hydrogens is 430 g/mol. The molecule has 2 aromatic carbocycles. The van der Waals surface area contributed by atoms with Gasteiger partial charge in [0.15, 0.2) is 17.3 Å². The highest BCUT2D eigenvalue weighted by atomic mass is 16.5. The summed E-state index contributed by atoms with van der Waals surface area (Å²) in [5, 5.41) is 13.5. The van der Waals surface area contributed by atoms with Crippen molar-refractivity contribution in [2.45, 2.75) is 58.0 Å². The molecule has 0 aromatic heterocycles. The number of ketones is 1. The van der Waals surface area contributed by atoms with Crippen molar-refractivity contribution in [3.8, 4) is 11.5 Å². The second kappa shape index (κ2) is 9.75. The molecule has 0 fully saturated rings. The van der Waals surface area contributed by atoms with Crippen LogP contribution in [0.5, 0.6) is 11.5 Å². The highest BCUT2D eigenvalue weighted by Crippen LogP contribution is 2.47. The Bertz CT molecular complexity index is 1160. The molecule has 0 amide bonds. The van der Waals surface area contributed by atoms with E-state index in [0.717, 1.165) is 11.3 Å². The van der Waals surface area contributed by atoms with Crippen LogP contribution in [-0.4, -0.2) is 30.1 Å². The van der Waals surface area contributed by atoms with Crippen LogP contribution in [0.2, 0.25) is 0 Å². The number of hydrogen-bond donors (Lipinski definition) is 2. The van der Waals surface area contributed by atoms with E-state index < -0.39 is 11.9 Å². The molecule has 2 aromatic rings. The Labute approximate surface area is 200 Å². The summed E-state index contributed by atoms with van der Waals surface area (Å²) in [5.74, 6) is -0.696. The number of aromatic hydroxyl groups is 1. The average molecular weight is 462 g/mol. The van der Waals surface area contributed by atoms with Gasteiger partial charge in [-0.05, 0) is 55.9 Å². The first-order valence-electron chi connectivity index (χ1n) is 11.7. The molecule has 1 aliphatic heterocycles. The third kappa shape index (κ3) is 4.45. The lowest BCUT2D eigenvalue weighted by Crippen LogP contribution is -2.36. The number of phenols is 1. The lowest BCUT2D eigenvalue weighted by atomic mass is 9.71. The number of hydrogen-bond acceptors (Lipinski definition) is 6. The third-order valence-corrected chi connectivity index (χ3v) is 6.74. The van der Waals surface area contributed by atoms with Gasteiger partial charge in [0.1, 0.15) is 0 Å². The molecule has 1 aliphatic carbocycles. The van der Waals surface area contributed by atoms with Crippen LogP contribution in [0.25, 0.3) is 0 Å². The van der Waals surface area contributed by atoms with E-state index >= 15 is 0 Å². The van der Waals surface area contributed by atoms with Crippen molar-refractivity contribution in [3.05, 3.63) is 82.2 Å². The Morgan fingerprint density at radius 2 is 1.88 bits per heavy atom. The minimum absolute atomic E-state index is 0.000912. The molecule has 3 atom stereocenters. The predicted molar refractivity (Wildman–Crippen MR) is 130 cm³/mol. The first-order valence-corrected chi connectivity index (χ1v) is 11.7. The molecule has 0 saturated carbocycles. The van der Waals surface area contributed by atoms with Crippen LogP contribution in [0.1, 0.15) is 63.0 Å². The topological polar surface area (TPSA) is 84.9 Å². The molecule has 178 valence electrons. The van der Waals surface area contributed by atoms with Gasteiger partial charge in [0.2, 0.25) is 0 Å². The van der Waals surface area contributed by atoms with Crippen molar-refractivity contribution in [3.63, 3.8) is 0 Å². The monoisotopic (exact) mass is 461 g/mol. The SMILES string of the molecule is CC[C@@H](C)OC(=O)C1=C(C)NC2=C(C(=O)C[C@@H](c3ccccc3)C2)[C@@H]1c1ccc(O)c(OC)c1. The number of phenolic OH excluding ortho intramolecular Hbond substituents is 1. The van der Waals surface area contributed by atoms with Crippen molar-refractivity contribution in [1.29, 1.82) is 0 Å². The van der Waals surface area contributed by atoms with Gasteiger partial charge in [-0.15, -0.1) is 0 Å². The summed E-state index contributed by atoms with van der Waals surface area (Å²) in [6, 6.07) is 15.0. The minimum atomic E-state index is -0.605. The predicted octanol–water partition coefficient (Wildman–Crippen LogP) is 5.10. The zero-order valence-corrected chi connectivity index (χ0v) is 20.1. The van der Waals surface area contributed by atoms with Gasteiger partial charge < -0.3 is 19.9 Å². The first-order chi connectivity index (χ1) is 16.3. The van der Waals surface area contributed by atoms with Gasteiger partial charge in [0, 0.05) is 29.3 Å². The Kier molecular flexibility index (Phi) is 6.77. The van der Waals surface area contributed by atoms with E-state index in [0.29, 0.717) is 41.7 Å². The fourth-order valence-corrected chi connectivity index (χ4v) is 4.81. The molecule has 0 bridgehead atoms. The number of ether oxygens (including phenoxy) is 2. The van der Waals surface area contributed by atoms with Crippen molar-refractivity contribution in [2.75, 3.05) is 7.11 Å². The maximum absolute atomic E-state index is 13.6. The number of rotatable bonds is 6. The van der Waals surface area contributed by atoms with E-state index in [1.165, 1.54) is 13.2 Å². The third-order valence-electron chi connectivity index (χ3n) is 6.74. The summed E-state index contributed by atoms with van der Waals surface area (Å²) >= 11 is 0. The molecular formula is C28H31NO5. The molecule has 4 rings (SSSR count). The Balaban J connectivity index is 1.82. The number of nitrogens with one attached hydrogen (secondary N) is 1. The van der Waals surface area contributed by atoms with Gasteiger partial charge >= 0.3 is 5.97 Å². The Hall–Kier alpha value is -3.54. The molecule has 2 aliphatic rings. The van der Waals surface area contributed by atoms with E-state index in [4.69, 9.17) is 9.47 Å². The number of carbonyl (C=O) groups is 2. The van der Waals surface area contributed by atoms with Crippen LogP contribution in [0, 0.1) is 0 Å². The molecule has 34 heavy (non-hydrogen) atoms. The van der Waals surface area contributed by atoms with Crippen molar-refractivity contribution >= 4 is 11.8 Å². The van der Waals surface area contributed by atoms with Crippen molar-refractivity contribution < 1.29 is 24.2 Å². The molecule has 0 saturated heterocycles. The second-order valence-electron chi connectivity index (χ2n) is 8.98. The highest BCUT2D eigenvalue weighted by Gasteiger charge is 2.41. The van der Waals surface area contributed by atoms with Gasteiger partial charge in [0.05, 0.1) is 18.8 Å². The number of carbonyl (C=O) groups excluding carboxylic acids is 2. The van der Waals surface area contributed by atoms with Crippen LogP contribution in [0.3, 0.4) is 0 Å². The zero-order chi connectivity index (χ0) is 24.4. The number of esters is 1. The maximum Gasteiger partial charge on any atom is 0.337 e. The van der Waals surface area contributed by atoms with Gasteiger partial charge in [-0.2, -0.15) is 0 Å². The normalized spacial score (nSPS) is 21.0. The van der Waals surface area contributed by atoms with Crippen LogP contribution >= 0.6 is 0 Å². The van der Waals surface area contributed by atoms with Crippen LogP contribution in [0.15, 0.2) is 71.1 Å².